The molecular formula is C45H66OSi. The fourth-order valence-electron chi connectivity index (χ4n) is 12.1. The third-order valence-corrected chi connectivity index (χ3v) is 19.8. The van der Waals surface area contributed by atoms with Gasteiger partial charge in [0.15, 0.2) is 0 Å². The summed E-state index contributed by atoms with van der Waals surface area (Å²) in [6.07, 6.45) is 17.7. The Kier molecular flexibility index (Phi) is 9.98. The molecule has 6 rings (SSSR count). The average Bonchev–Trinajstić information content (AvgIpc) is 3.41. The van der Waals surface area contributed by atoms with E-state index < -0.39 is 8.32 Å². The normalized spacial score (nSPS) is 33.6. The van der Waals surface area contributed by atoms with Crippen molar-refractivity contribution in [3.63, 3.8) is 0 Å². The maximum atomic E-state index is 7.73. The Hall–Kier alpha value is -1.90. The molecule has 0 radical (unpaired) electrons. The van der Waals surface area contributed by atoms with Gasteiger partial charge in [-0.1, -0.05) is 133 Å². The van der Waals surface area contributed by atoms with Gasteiger partial charge in [-0.15, -0.1) is 0 Å². The molecule has 47 heavy (non-hydrogen) atoms. The van der Waals surface area contributed by atoms with Crippen LogP contribution in [0, 0.1) is 46.3 Å². The molecule has 0 bridgehead atoms. The molecule has 0 spiro atoms. The van der Waals surface area contributed by atoms with Gasteiger partial charge in [0.2, 0.25) is 0 Å². The lowest BCUT2D eigenvalue weighted by atomic mass is 9.47. The minimum atomic E-state index is -2.55. The van der Waals surface area contributed by atoms with E-state index in [0.717, 1.165) is 36.0 Å². The zero-order valence-corrected chi connectivity index (χ0v) is 32.3. The molecule has 0 heterocycles. The summed E-state index contributed by atoms with van der Waals surface area (Å²) in [6.45, 7) is 24.2. The van der Waals surface area contributed by atoms with E-state index in [1.54, 1.807) is 5.57 Å². The number of rotatable bonds is 10. The van der Waals surface area contributed by atoms with E-state index in [2.05, 4.69) is 129 Å². The SMILES string of the molecule is C=C(C)[C@H](CC)CC[C@@H](C)[C@H]1CC[C@H]2[C@@H]3CC=C4C[C@@H](O[Si](c5ccccc5)(c5ccccc5)C(C)(C)C)CC[C@]4(C)[C@H]3CC[C@]12C. The topological polar surface area (TPSA) is 9.23 Å². The van der Waals surface area contributed by atoms with Crippen molar-refractivity contribution in [2.24, 2.45) is 46.3 Å². The van der Waals surface area contributed by atoms with Gasteiger partial charge in [-0.25, -0.2) is 0 Å². The number of hydrogen-bond acceptors (Lipinski definition) is 1. The third-order valence-electron chi connectivity index (χ3n) is 14.7. The van der Waals surface area contributed by atoms with Crippen LogP contribution >= 0.6 is 0 Å². The van der Waals surface area contributed by atoms with E-state index in [9.17, 15) is 0 Å². The second kappa shape index (κ2) is 13.4. The second-order valence-corrected chi connectivity index (χ2v) is 22.4. The Morgan fingerprint density at radius 2 is 1.53 bits per heavy atom. The highest BCUT2D eigenvalue weighted by atomic mass is 28.4. The van der Waals surface area contributed by atoms with Gasteiger partial charge >= 0.3 is 0 Å². The number of hydrogen-bond donors (Lipinski definition) is 0. The van der Waals surface area contributed by atoms with Crippen LogP contribution in [0.4, 0.5) is 0 Å². The maximum absolute atomic E-state index is 7.73. The number of fused-ring (bicyclic) bond motifs is 5. The largest absolute Gasteiger partial charge is 0.404 e. The summed E-state index contributed by atoms with van der Waals surface area (Å²) < 4.78 is 7.73. The van der Waals surface area contributed by atoms with Gasteiger partial charge in [0.1, 0.15) is 0 Å². The molecule has 0 amide bonds. The first kappa shape index (κ1) is 34.9. The second-order valence-electron chi connectivity index (χ2n) is 18.1. The molecule has 3 fully saturated rings. The molecule has 0 aliphatic heterocycles. The van der Waals surface area contributed by atoms with Crippen LogP contribution in [0.3, 0.4) is 0 Å². The molecule has 0 N–H and O–H groups in total. The van der Waals surface area contributed by atoms with Gasteiger partial charge in [0, 0.05) is 6.10 Å². The van der Waals surface area contributed by atoms with E-state index >= 15 is 0 Å². The molecule has 0 aromatic heterocycles. The fraction of sp³-hybridized carbons (Fsp3) is 0.644. The summed E-state index contributed by atoms with van der Waals surface area (Å²) >= 11 is 0. The van der Waals surface area contributed by atoms with Crippen LogP contribution in [0.2, 0.25) is 5.04 Å². The zero-order valence-electron chi connectivity index (χ0n) is 31.3. The molecule has 4 aliphatic carbocycles. The smallest absolute Gasteiger partial charge is 0.261 e. The standard InChI is InChI=1S/C45H66OSi/c1-10-34(32(2)3)22-21-33(4)40-25-26-41-39-24-23-35-31-36(27-29-44(35,8)42(39)28-30-45(40,41)9)46-47(43(5,6)7,37-17-13-11-14-18-37)38-19-15-12-16-20-38/h11-20,23,33-34,36,39-42H,2,10,21-22,24-31H2,1,3-9H3/t33-,34-,36+,39+,40-,41+,42+,44+,45-/m1/s1. The monoisotopic (exact) mass is 650 g/mol. The van der Waals surface area contributed by atoms with Crippen LogP contribution in [-0.4, -0.2) is 14.4 Å². The van der Waals surface area contributed by atoms with Crippen molar-refractivity contribution >= 4 is 18.7 Å². The van der Waals surface area contributed by atoms with Crippen molar-refractivity contribution in [2.45, 2.75) is 137 Å². The van der Waals surface area contributed by atoms with E-state index in [1.807, 2.05) is 0 Å². The first-order valence-corrected chi connectivity index (χ1v) is 21.4. The highest BCUT2D eigenvalue weighted by Crippen LogP contribution is 2.67. The molecule has 0 unspecified atom stereocenters. The molecular weight excluding hydrogens is 585 g/mol. The van der Waals surface area contributed by atoms with Crippen molar-refractivity contribution < 1.29 is 4.43 Å². The van der Waals surface area contributed by atoms with Crippen molar-refractivity contribution in [3.8, 4) is 0 Å². The van der Waals surface area contributed by atoms with Crippen LogP contribution in [-0.2, 0) is 4.43 Å². The predicted molar refractivity (Wildman–Crippen MR) is 205 cm³/mol. The summed E-state index contributed by atoms with van der Waals surface area (Å²) in [6, 6.07) is 22.5. The molecule has 2 aromatic rings. The molecule has 4 aliphatic rings. The summed E-state index contributed by atoms with van der Waals surface area (Å²) in [7, 11) is -2.55. The molecule has 256 valence electrons. The summed E-state index contributed by atoms with van der Waals surface area (Å²) in [5.41, 5.74) is 4.00. The lowest BCUT2D eigenvalue weighted by molar-refractivity contribution is -0.0564. The summed E-state index contributed by atoms with van der Waals surface area (Å²) in [5.74, 6) is 5.04. The van der Waals surface area contributed by atoms with E-state index in [0.29, 0.717) is 16.7 Å². The van der Waals surface area contributed by atoms with Crippen LogP contribution in [0.15, 0.2) is 84.5 Å². The maximum Gasteiger partial charge on any atom is 0.261 e. The van der Waals surface area contributed by atoms with E-state index in [-0.39, 0.29) is 11.1 Å². The molecule has 2 aromatic carbocycles. The molecule has 3 saturated carbocycles. The minimum absolute atomic E-state index is 0.0223. The fourth-order valence-corrected chi connectivity index (χ4v) is 16.8. The van der Waals surface area contributed by atoms with Gasteiger partial charge in [-0.3, -0.25) is 0 Å². The average molecular weight is 651 g/mol. The highest BCUT2D eigenvalue weighted by molar-refractivity contribution is 6.99. The van der Waals surface area contributed by atoms with Crippen molar-refractivity contribution in [1.82, 2.24) is 0 Å². The molecule has 9 atom stereocenters. The van der Waals surface area contributed by atoms with Gasteiger partial charge in [0.05, 0.1) is 0 Å². The lowest BCUT2D eigenvalue weighted by Gasteiger charge is -2.59. The molecule has 1 nitrogen and oxygen atoms in total. The van der Waals surface area contributed by atoms with Crippen molar-refractivity contribution in [3.05, 3.63) is 84.5 Å². The Morgan fingerprint density at radius 1 is 0.894 bits per heavy atom. The number of allylic oxidation sites excluding steroid dienone is 2. The quantitative estimate of drug-likeness (QED) is 0.184. The minimum Gasteiger partial charge on any atom is -0.404 e. The zero-order chi connectivity index (χ0) is 33.6. The van der Waals surface area contributed by atoms with Gasteiger partial charge in [-0.05, 0) is 139 Å². The van der Waals surface area contributed by atoms with Gasteiger partial charge in [-0.2, -0.15) is 0 Å². The van der Waals surface area contributed by atoms with E-state index in [1.165, 1.54) is 80.2 Å². The third kappa shape index (κ3) is 6.11. The van der Waals surface area contributed by atoms with Crippen molar-refractivity contribution in [2.75, 3.05) is 0 Å². The lowest BCUT2D eigenvalue weighted by Crippen LogP contribution is -2.68. The summed E-state index contributed by atoms with van der Waals surface area (Å²) in [5, 5.41) is 2.84. The van der Waals surface area contributed by atoms with E-state index in [4.69, 9.17) is 4.43 Å². The molecule has 0 saturated heterocycles. The first-order chi connectivity index (χ1) is 22.3. The van der Waals surface area contributed by atoms with Crippen LogP contribution in [0.5, 0.6) is 0 Å². The van der Waals surface area contributed by atoms with Crippen LogP contribution < -0.4 is 10.4 Å². The number of benzene rings is 2. The first-order valence-electron chi connectivity index (χ1n) is 19.5. The Balaban J connectivity index is 1.22. The molecule has 2 heteroatoms. The van der Waals surface area contributed by atoms with Crippen molar-refractivity contribution in [1.29, 1.82) is 0 Å². The predicted octanol–water partition coefficient (Wildman–Crippen LogP) is 11.5. The Labute approximate surface area is 290 Å². The highest BCUT2D eigenvalue weighted by Gasteiger charge is 2.60. The summed E-state index contributed by atoms with van der Waals surface area (Å²) in [4.78, 5) is 0. The van der Waals surface area contributed by atoms with Gasteiger partial charge < -0.3 is 4.43 Å². The van der Waals surface area contributed by atoms with Gasteiger partial charge in [0.25, 0.3) is 8.32 Å². The Bertz CT molecular complexity index is 1360. The Morgan fingerprint density at radius 3 is 2.11 bits per heavy atom. The van der Waals surface area contributed by atoms with Crippen LogP contribution in [0.25, 0.3) is 0 Å². The van der Waals surface area contributed by atoms with Crippen LogP contribution in [0.1, 0.15) is 126 Å².